The quantitative estimate of drug-likeness (QED) is 0.207. The lowest BCUT2D eigenvalue weighted by Gasteiger charge is -2.24. The molecule has 202 valence electrons. The van der Waals surface area contributed by atoms with Crippen molar-refractivity contribution in [3.63, 3.8) is 0 Å². The molecule has 37 heavy (non-hydrogen) atoms. The summed E-state index contributed by atoms with van der Waals surface area (Å²) in [5.74, 6) is -1.17. The van der Waals surface area contributed by atoms with Crippen molar-refractivity contribution in [2.45, 2.75) is 38.3 Å². The highest BCUT2D eigenvalue weighted by Crippen LogP contribution is 2.21. The lowest BCUT2D eigenvalue weighted by molar-refractivity contribution is -0.134. The molecule has 11 nitrogen and oxygen atoms in total. The minimum atomic E-state index is -1.16. The minimum Gasteiger partial charge on any atom is -0.478 e. The summed E-state index contributed by atoms with van der Waals surface area (Å²) < 4.78 is 5.38. The molecule has 0 radical (unpaired) electrons. The summed E-state index contributed by atoms with van der Waals surface area (Å²) in [6.45, 7) is 3.32. The van der Waals surface area contributed by atoms with Crippen LogP contribution in [0, 0.1) is 0 Å². The van der Waals surface area contributed by atoms with Crippen LogP contribution in [-0.4, -0.2) is 72.5 Å². The van der Waals surface area contributed by atoms with E-state index in [4.69, 9.17) is 33.5 Å². The predicted molar refractivity (Wildman–Crippen MR) is 143 cm³/mol. The summed E-state index contributed by atoms with van der Waals surface area (Å²) >= 11 is 6.05. The van der Waals surface area contributed by atoms with E-state index in [2.05, 4.69) is 15.6 Å². The number of halogens is 1. The normalized spacial score (nSPS) is 12.4. The van der Waals surface area contributed by atoms with Gasteiger partial charge in [0, 0.05) is 37.9 Å². The molecule has 0 bridgehead atoms. The van der Waals surface area contributed by atoms with Crippen LogP contribution < -0.4 is 32.6 Å². The molecule has 3 amide bonds. The van der Waals surface area contributed by atoms with E-state index < -0.39 is 23.9 Å². The van der Waals surface area contributed by atoms with Gasteiger partial charge >= 0.3 is 0 Å². The van der Waals surface area contributed by atoms with E-state index in [0.29, 0.717) is 38.2 Å². The molecule has 1 aromatic heterocycles. The van der Waals surface area contributed by atoms with Crippen LogP contribution in [0.3, 0.4) is 0 Å². The number of ether oxygens (including phenoxy) is 1. The van der Waals surface area contributed by atoms with E-state index in [1.807, 2.05) is 30.3 Å². The average Bonchev–Trinajstić information content (AvgIpc) is 2.86. The van der Waals surface area contributed by atoms with E-state index in [1.54, 1.807) is 6.92 Å². The molecule has 8 N–H and O–H groups in total. The zero-order valence-electron chi connectivity index (χ0n) is 21.0. The van der Waals surface area contributed by atoms with Crippen molar-refractivity contribution in [1.29, 1.82) is 0 Å². The fourth-order valence-electron chi connectivity index (χ4n) is 3.58. The zero-order valence-corrected chi connectivity index (χ0v) is 21.7. The summed E-state index contributed by atoms with van der Waals surface area (Å²) in [4.78, 5) is 44.2. The van der Waals surface area contributed by atoms with Gasteiger partial charge in [-0.15, -0.1) is 0 Å². The van der Waals surface area contributed by atoms with Crippen molar-refractivity contribution in [3.8, 4) is 5.88 Å². The second-order valence-electron chi connectivity index (χ2n) is 8.29. The Labute approximate surface area is 222 Å². The summed E-state index contributed by atoms with van der Waals surface area (Å²) in [6.07, 6.45) is 0.581. The van der Waals surface area contributed by atoms with Gasteiger partial charge in [0.05, 0.1) is 19.1 Å². The zero-order chi connectivity index (χ0) is 27.2. The first kappa shape index (κ1) is 30.0. The molecule has 0 aliphatic carbocycles. The molecule has 1 heterocycles. The third kappa shape index (κ3) is 10.3. The Hall–Kier alpha value is -3.25. The van der Waals surface area contributed by atoms with E-state index in [-0.39, 0.29) is 36.5 Å². The topological polar surface area (TPSA) is 179 Å². The monoisotopic (exact) mass is 533 g/mol. The maximum Gasteiger partial charge on any atom is 0.246 e. The van der Waals surface area contributed by atoms with Crippen molar-refractivity contribution in [2.75, 3.05) is 38.1 Å². The van der Waals surface area contributed by atoms with Crippen LogP contribution in [0.25, 0.3) is 0 Å². The van der Waals surface area contributed by atoms with Gasteiger partial charge in [-0.1, -0.05) is 41.9 Å². The molecule has 0 aliphatic heterocycles. The van der Waals surface area contributed by atoms with Crippen LogP contribution >= 0.6 is 11.6 Å². The van der Waals surface area contributed by atoms with Crippen LogP contribution in [-0.2, 0) is 20.8 Å². The number of nitrogens with zero attached hydrogens (tertiary/aromatic N) is 2. The highest BCUT2D eigenvalue weighted by molar-refractivity contribution is 6.29. The van der Waals surface area contributed by atoms with Gasteiger partial charge in [0.1, 0.15) is 11.2 Å². The lowest BCUT2D eigenvalue weighted by atomic mass is 10.0. The molecule has 0 unspecified atom stereocenters. The van der Waals surface area contributed by atoms with E-state index >= 15 is 0 Å². The Kier molecular flexibility index (Phi) is 12.8. The molecule has 2 atom stereocenters. The minimum absolute atomic E-state index is 0.145. The molecule has 0 saturated carbocycles. The largest absolute Gasteiger partial charge is 0.478 e. The van der Waals surface area contributed by atoms with Gasteiger partial charge in [-0.2, -0.15) is 0 Å². The van der Waals surface area contributed by atoms with Crippen LogP contribution in [0.15, 0.2) is 42.5 Å². The number of hydrogen-bond acceptors (Lipinski definition) is 8. The van der Waals surface area contributed by atoms with Gasteiger partial charge in [-0.05, 0) is 31.4 Å². The van der Waals surface area contributed by atoms with Crippen molar-refractivity contribution in [3.05, 3.63) is 53.2 Å². The van der Waals surface area contributed by atoms with Gasteiger partial charge in [0.2, 0.25) is 23.6 Å². The smallest absolute Gasteiger partial charge is 0.246 e. The highest BCUT2D eigenvalue weighted by atomic mass is 35.5. The van der Waals surface area contributed by atoms with Crippen LogP contribution in [0.1, 0.15) is 25.3 Å². The summed E-state index contributed by atoms with van der Waals surface area (Å²) in [6, 6.07) is 10.5. The lowest BCUT2D eigenvalue weighted by Crippen LogP contribution is -2.52. The summed E-state index contributed by atoms with van der Waals surface area (Å²) in [5.41, 5.74) is 18.5. The molecule has 2 aromatic rings. The molecule has 0 saturated heterocycles. The summed E-state index contributed by atoms with van der Waals surface area (Å²) in [5, 5.41) is 5.59. The van der Waals surface area contributed by atoms with E-state index in [0.717, 1.165) is 5.56 Å². The molecule has 12 heteroatoms. The fourth-order valence-corrected chi connectivity index (χ4v) is 3.78. The number of hydrogen-bond donors (Lipinski definition) is 5. The Morgan fingerprint density at radius 3 is 2.38 bits per heavy atom. The van der Waals surface area contributed by atoms with Gasteiger partial charge in [0.15, 0.2) is 0 Å². The van der Waals surface area contributed by atoms with Gasteiger partial charge in [0.25, 0.3) is 0 Å². The van der Waals surface area contributed by atoms with Crippen molar-refractivity contribution in [1.82, 2.24) is 15.2 Å². The number of nitrogens with two attached hydrogens (primary N) is 3. The number of aryl methyl sites for hydroxylation is 1. The summed E-state index contributed by atoms with van der Waals surface area (Å²) in [7, 11) is 0. The number of pyridine rings is 1. The van der Waals surface area contributed by atoms with Crippen molar-refractivity contribution in [2.24, 2.45) is 17.2 Å². The first-order chi connectivity index (χ1) is 17.8. The molecule has 2 rings (SSSR count). The Morgan fingerprint density at radius 2 is 1.76 bits per heavy atom. The number of rotatable bonds is 15. The maximum atomic E-state index is 13.2. The Balaban J connectivity index is 2.13. The predicted octanol–water partition coefficient (Wildman–Crippen LogP) is 0.653. The second kappa shape index (κ2) is 15.8. The third-order valence-corrected chi connectivity index (χ3v) is 5.60. The molecule has 0 fully saturated rings. The van der Waals surface area contributed by atoms with Crippen molar-refractivity contribution >= 4 is 35.0 Å². The van der Waals surface area contributed by atoms with E-state index in [1.165, 1.54) is 17.0 Å². The highest BCUT2D eigenvalue weighted by Gasteiger charge is 2.26. The molecule has 0 spiro atoms. The number of nitrogens with one attached hydrogen (secondary N) is 2. The van der Waals surface area contributed by atoms with Crippen molar-refractivity contribution < 1.29 is 19.1 Å². The number of aromatic nitrogens is 1. The Bertz CT molecular complexity index is 1020. The van der Waals surface area contributed by atoms with E-state index in [9.17, 15) is 14.4 Å². The number of benzene rings is 1. The van der Waals surface area contributed by atoms with Crippen LogP contribution in [0.2, 0.25) is 5.15 Å². The first-order valence-corrected chi connectivity index (χ1v) is 12.5. The van der Waals surface area contributed by atoms with Crippen LogP contribution in [0.5, 0.6) is 5.88 Å². The molecule has 0 aliphatic rings. The number of carbonyl (C=O) groups excluding carboxylic acids is 3. The molecular weight excluding hydrogens is 498 g/mol. The molecule has 1 aromatic carbocycles. The number of amides is 3. The SMILES string of the molecule is CCOc1cc(NC(=O)[C@H](CCc2ccccc2)NC(=O)[C@@H](N)CC(=O)N(CCN)CCN)cc(Cl)n1. The second-order valence-corrected chi connectivity index (χ2v) is 8.68. The number of anilines is 1. The fraction of sp³-hybridized carbons (Fsp3) is 0.440. The first-order valence-electron chi connectivity index (χ1n) is 12.2. The third-order valence-electron chi connectivity index (χ3n) is 5.41. The van der Waals surface area contributed by atoms with Gasteiger partial charge in [-0.25, -0.2) is 4.98 Å². The standard InChI is InChI=1S/C25H36ClN7O4/c1-2-37-22-15-18(14-21(26)32-22)30-25(36)20(9-8-17-6-4-3-5-7-17)31-24(35)19(29)16-23(34)33(12-10-27)13-11-28/h3-7,14-15,19-20H,2,8-13,16,27-29H2,1H3,(H,31,35)(H,30,32,36)/t19-,20-/m0/s1. The van der Waals surface area contributed by atoms with Gasteiger partial charge in [-0.3, -0.25) is 14.4 Å². The van der Waals surface area contributed by atoms with Gasteiger partial charge < -0.3 is 37.5 Å². The maximum absolute atomic E-state index is 13.2. The average molecular weight is 534 g/mol. The Morgan fingerprint density at radius 1 is 1.08 bits per heavy atom. The van der Waals surface area contributed by atoms with Crippen LogP contribution in [0.4, 0.5) is 5.69 Å². The number of carbonyl (C=O) groups is 3. The molecular formula is C25H36ClN7O4.